The first-order valence-electron chi connectivity index (χ1n) is 5.08. The molecule has 0 aliphatic heterocycles. The lowest BCUT2D eigenvalue weighted by molar-refractivity contribution is -0.122. The molecule has 0 bridgehead atoms. The van der Waals surface area contributed by atoms with Gasteiger partial charge in [0.15, 0.2) is 0 Å². The van der Waals surface area contributed by atoms with Crippen LogP contribution in [-0.2, 0) is 9.53 Å². The maximum absolute atomic E-state index is 10.7. The Morgan fingerprint density at radius 2 is 1.86 bits per heavy atom. The van der Waals surface area contributed by atoms with Crippen LogP contribution in [0.25, 0.3) is 0 Å². The highest BCUT2D eigenvalue weighted by molar-refractivity contribution is 5.57. The zero-order valence-electron chi connectivity index (χ0n) is 10.0. The van der Waals surface area contributed by atoms with Gasteiger partial charge in [0.25, 0.3) is 0 Å². The van der Waals surface area contributed by atoms with Gasteiger partial charge in [0.2, 0.25) is 0 Å². The average molecular weight is 201 g/mol. The standard InChI is InChI=1S/C11H23NO2/c1-10(2,8-13)9-14-11(3,4)6-7-12-5/h8,12H,6-7,9H2,1-5H3. The number of aldehydes is 1. The van der Waals surface area contributed by atoms with Crippen LogP contribution in [0.1, 0.15) is 34.1 Å². The van der Waals surface area contributed by atoms with Crippen LogP contribution in [0, 0.1) is 5.41 Å². The van der Waals surface area contributed by atoms with Crippen LogP contribution in [0.2, 0.25) is 0 Å². The van der Waals surface area contributed by atoms with Crippen LogP contribution >= 0.6 is 0 Å². The van der Waals surface area contributed by atoms with Gasteiger partial charge in [-0.1, -0.05) is 13.8 Å². The molecule has 14 heavy (non-hydrogen) atoms. The molecule has 1 N–H and O–H groups in total. The molecule has 0 fully saturated rings. The van der Waals surface area contributed by atoms with Gasteiger partial charge in [-0.05, 0) is 33.9 Å². The van der Waals surface area contributed by atoms with Crippen LogP contribution in [0.5, 0.6) is 0 Å². The smallest absolute Gasteiger partial charge is 0.127 e. The van der Waals surface area contributed by atoms with Gasteiger partial charge in [-0.25, -0.2) is 0 Å². The predicted octanol–water partition coefficient (Wildman–Crippen LogP) is 1.62. The Bertz CT molecular complexity index is 176. The van der Waals surface area contributed by atoms with Gasteiger partial charge in [-0.15, -0.1) is 0 Å². The summed E-state index contributed by atoms with van der Waals surface area (Å²) >= 11 is 0. The lowest BCUT2D eigenvalue weighted by Crippen LogP contribution is -2.33. The van der Waals surface area contributed by atoms with E-state index in [-0.39, 0.29) is 11.0 Å². The van der Waals surface area contributed by atoms with Crippen molar-refractivity contribution >= 4 is 6.29 Å². The molecule has 0 unspecified atom stereocenters. The molecule has 3 heteroatoms. The van der Waals surface area contributed by atoms with Crippen LogP contribution < -0.4 is 5.32 Å². The Morgan fingerprint density at radius 3 is 2.29 bits per heavy atom. The Labute approximate surface area is 87.2 Å². The fraction of sp³-hybridized carbons (Fsp3) is 0.909. The zero-order valence-corrected chi connectivity index (χ0v) is 10.0. The Morgan fingerprint density at radius 1 is 1.29 bits per heavy atom. The predicted molar refractivity (Wildman–Crippen MR) is 58.4 cm³/mol. The molecule has 84 valence electrons. The van der Waals surface area contributed by atoms with Crippen LogP contribution in [0.3, 0.4) is 0 Å². The highest BCUT2D eigenvalue weighted by Crippen LogP contribution is 2.19. The Kier molecular flexibility index (Phi) is 5.31. The first-order valence-corrected chi connectivity index (χ1v) is 5.08. The van der Waals surface area contributed by atoms with Crippen molar-refractivity contribution in [2.75, 3.05) is 20.2 Å². The number of hydrogen-bond donors (Lipinski definition) is 1. The molecule has 0 aliphatic carbocycles. The van der Waals surface area contributed by atoms with E-state index in [2.05, 4.69) is 5.32 Å². The van der Waals surface area contributed by atoms with E-state index in [1.54, 1.807) is 0 Å². The topological polar surface area (TPSA) is 38.3 Å². The maximum Gasteiger partial charge on any atom is 0.127 e. The van der Waals surface area contributed by atoms with E-state index in [1.807, 2.05) is 34.7 Å². The molecule has 0 aliphatic rings. The molecule has 0 aromatic carbocycles. The SMILES string of the molecule is CNCCC(C)(C)OCC(C)(C)C=O. The molecule has 0 heterocycles. The third-order valence-electron chi connectivity index (χ3n) is 2.13. The van der Waals surface area contributed by atoms with Gasteiger partial charge in [0.1, 0.15) is 6.29 Å². The van der Waals surface area contributed by atoms with Gasteiger partial charge in [-0.2, -0.15) is 0 Å². The molecular formula is C11H23NO2. The van der Waals surface area contributed by atoms with Gasteiger partial charge in [-0.3, -0.25) is 0 Å². The number of nitrogens with one attached hydrogen (secondary N) is 1. The molecule has 0 amide bonds. The maximum atomic E-state index is 10.7. The highest BCUT2D eigenvalue weighted by atomic mass is 16.5. The summed E-state index contributed by atoms with van der Waals surface area (Å²) < 4.78 is 5.72. The van der Waals surface area contributed by atoms with E-state index in [0.717, 1.165) is 19.3 Å². The Balaban J connectivity index is 3.91. The van der Waals surface area contributed by atoms with Gasteiger partial charge >= 0.3 is 0 Å². The lowest BCUT2D eigenvalue weighted by atomic mass is 9.96. The van der Waals surface area contributed by atoms with Gasteiger partial charge in [0, 0.05) is 5.41 Å². The van der Waals surface area contributed by atoms with E-state index in [0.29, 0.717) is 6.61 Å². The second-order valence-corrected chi connectivity index (χ2v) is 5.01. The van der Waals surface area contributed by atoms with Crippen molar-refractivity contribution in [1.29, 1.82) is 0 Å². The third-order valence-corrected chi connectivity index (χ3v) is 2.13. The third kappa shape index (κ3) is 6.11. The minimum Gasteiger partial charge on any atom is -0.375 e. The minimum atomic E-state index is -0.378. The molecule has 0 atom stereocenters. The first-order chi connectivity index (χ1) is 6.33. The fourth-order valence-corrected chi connectivity index (χ4v) is 0.914. The molecule has 0 saturated heterocycles. The molecule has 0 aromatic heterocycles. The molecule has 0 aromatic rings. The van der Waals surface area contributed by atoms with Crippen molar-refractivity contribution in [2.45, 2.75) is 39.7 Å². The van der Waals surface area contributed by atoms with Crippen LogP contribution in [-0.4, -0.2) is 32.1 Å². The van der Waals surface area contributed by atoms with Gasteiger partial charge in [0.05, 0.1) is 12.2 Å². The summed E-state index contributed by atoms with van der Waals surface area (Å²) in [6.45, 7) is 9.26. The number of carbonyl (C=O) groups is 1. The molecule has 0 rings (SSSR count). The molecule has 0 radical (unpaired) electrons. The number of carbonyl (C=O) groups excluding carboxylic acids is 1. The minimum absolute atomic E-state index is 0.163. The molecule has 0 saturated carbocycles. The fourth-order valence-electron chi connectivity index (χ4n) is 0.914. The van der Waals surface area contributed by atoms with Crippen LogP contribution in [0.4, 0.5) is 0 Å². The zero-order chi connectivity index (χ0) is 11.2. The largest absolute Gasteiger partial charge is 0.375 e. The van der Waals surface area contributed by atoms with E-state index in [9.17, 15) is 4.79 Å². The summed E-state index contributed by atoms with van der Waals surface area (Å²) in [6.07, 6.45) is 1.89. The summed E-state index contributed by atoms with van der Waals surface area (Å²) in [4.78, 5) is 10.7. The van der Waals surface area contributed by atoms with Crippen LogP contribution in [0.15, 0.2) is 0 Å². The summed E-state index contributed by atoms with van der Waals surface area (Å²) in [5.41, 5.74) is -0.541. The van der Waals surface area contributed by atoms with Crippen molar-refractivity contribution in [3.05, 3.63) is 0 Å². The monoisotopic (exact) mass is 201 g/mol. The number of hydrogen-bond acceptors (Lipinski definition) is 3. The highest BCUT2D eigenvalue weighted by Gasteiger charge is 2.23. The molecule has 3 nitrogen and oxygen atoms in total. The summed E-state index contributed by atoms with van der Waals surface area (Å²) in [5.74, 6) is 0. The van der Waals surface area contributed by atoms with Crippen molar-refractivity contribution < 1.29 is 9.53 Å². The second kappa shape index (κ2) is 5.47. The second-order valence-electron chi connectivity index (χ2n) is 5.01. The van der Waals surface area contributed by atoms with E-state index >= 15 is 0 Å². The molecular weight excluding hydrogens is 178 g/mol. The van der Waals surface area contributed by atoms with E-state index in [4.69, 9.17) is 4.74 Å². The summed E-state index contributed by atoms with van der Waals surface area (Å²) in [5, 5.41) is 3.09. The van der Waals surface area contributed by atoms with Crippen molar-refractivity contribution in [3.63, 3.8) is 0 Å². The quantitative estimate of drug-likeness (QED) is 0.636. The lowest BCUT2D eigenvalue weighted by Gasteiger charge is -2.29. The first kappa shape index (κ1) is 13.6. The van der Waals surface area contributed by atoms with Gasteiger partial charge < -0.3 is 14.8 Å². The summed E-state index contributed by atoms with van der Waals surface area (Å²) in [7, 11) is 1.92. The Hall–Kier alpha value is -0.410. The average Bonchev–Trinajstić information content (AvgIpc) is 2.12. The van der Waals surface area contributed by atoms with E-state index in [1.165, 1.54) is 0 Å². The van der Waals surface area contributed by atoms with Crippen molar-refractivity contribution in [3.8, 4) is 0 Å². The number of rotatable bonds is 7. The number of ether oxygens (including phenoxy) is 1. The van der Waals surface area contributed by atoms with E-state index < -0.39 is 0 Å². The summed E-state index contributed by atoms with van der Waals surface area (Å²) in [6, 6.07) is 0. The molecule has 0 spiro atoms. The normalized spacial score (nSPS) is 12.9. The van der Waals surface area contributed by atoms with Crippen molar-refractivity contribution in [2.24, 2.45) is 5.41 Å². The van der Waals surface area contributed by atoms with Crippen molar-refractivity contribution in [1.82, 2.24) is 5.32 Å².